The fraction of sp³-hybridized carbons (Fsp3) is 0.500. The van der Waals surface area contributed by atoms with E-state index in [4.69, 9.17) is 11.5 Å². The first-order chi connectivity index (χ1) is 52.2. The highest BCUT2D eigenvalue weighted by molar-refractivity contribution is 7.98. The SMILES string of the molecule is CSCC[C@H](NC(=O)[C@H](CC(C)C)NC(=O)[C@H](Cc1cnc[nH]1)NC(=O)CNC(=O)[C@@H](NC(=O)[C@H](C)NC(=O)[C@H](Cc1c[nH]c2ccccc12)NC(=O)[C@H](CCC(N)=O)NC(=O)c1ccc2cc(NC(=O)CNC(=O)CN3CCN(CC(=O)O)CCN(CC(=O)O)CCN(CC(=O)O)CC3)ccc2c1)C(C)C)C(N)=O. The van der Waals surface area contributed by atoms with Crippen LogP contribution in [0.1, 0.15) is 81.9 Å². The lowest BCUT2D eigenvalue weighted by atomic mass is 10.0. The molecule has 12 amide bonds. The molecule has 0 saturated carbocycles. The fourth-order valence-corrected chi connectivity index (χ4v) is 12.5. The Kier molecular flexibility index (Phi) is 35.0. The Morgan fingerprint density at radius 2 is 1.08 bits per heavy atom. The number of aliphatic carboxylic acids is 3. The van der Waals surface area contributed by atoms with Gasteiger partial charge in [-0.3, -0.25) is 91.5 Å². The van der Waals surface area contributed by atoms with Crippen molar-refractivity contribution in [1.29, 1.82) is 0 Å². The largest absolute Gasteiger partial charge is 0.480 e. The predicted octanol–water partition coefficient (Wildman–Crippen LogP) is -2.59. The monoisotopic (exact) mass is 1550 g/mol. The average molecular weight is 1550 g/mol. The van der Waals surface area contributed by atoms with Crippen LogP contribution < -0.4 is 64.6 Å². The summed E-state index contributed by atoms with van der Waals surface area (Å²) in [7, 11) is 0. The summed E-state index contributed by atoms with van der Waals surface area (Å²) < 4.78 is 0. The maximum Gasteiger partial charge on any atom is 0.317 e. The maximum absolute atomic E-state index is 14.5. The molecule has 1 saturated heterocycles. The number of carbonyl (C=O) groups is 15. The van der Waals surface area contributed by atoms with E-state index in [0.717, 1.165) is 0 Å². The number of nitrogens with two attached hydrogens (primary N) is 2. The Labute approximate surface area is 638 Å². The normalized spacial score (nSPS) is 15.3. The molecule has 38 heteroatoms. The lowest BCUT2D eigenvalue weighted by Crippen LogP contribution is -2.59. The Hall–Kier alpha value is -11.1. The van der Waals surface area contributed by atoms with E-state index in [0.29, 0.717) is 44.4 Å². The highest BCUT2D eigenvalue weighted by atomic mass is 32.2. The van der Waals surface area contributed by atoms with Crippen LogP contribution in [0.25, 0.3) is 21.7 Å². The van der Waals surface area contributed by atoms with Crippen molar-refractivity contribution in [2.45, 2.75) is 115 Å². The number of anilines is 1. The molecule has 0 radical (unpaired) electrons. The zero-order chi connectivity index (χ0) is 80.7. The maximum atomic E-state index is 14.5. The molecular formula is C72H101N19O18S. The average Bonchev–Trinajstić information content (AvgIpc) is 0.858. The van der Waals surface area contributed by atoms with Crippen LogP contribution in [-0.4, -0.2) is 285 Å². The number of amides is 12. The van der Waals surface area contributed by atoms with Crippen LogP contribution in [0.15, 0.2) is 79.4 Å². The van der Waals surface area contributed by atoms with Gasteiger partial charge in [-0.1, -0.05) is 58.0 Å². The van der Waals surface area contributed by atoms with Gasteiger partial charge in [0.05, 0.1) is 45.6 Å². The van der Waals surface area contributed by atoms with Gasteiger partial charge in [-0.25, -0.2) is 4.98 Å². The van der Waals surface area contributed by atoms with E-state index in [9.17, 15) is 87.2 Å². The predicted molar refractivity (Wildman–Crippen MR) is 405 cm³/mol. The van der Waals surface area contributed by atoms with Crippen molar-refractivity contribution in [3.63, 3.8) is 0 Å². The molecule has 37 nitrogen and oxygen atoms in total. The number of aromatic nitrogens is 3. The van der Waals surface area contributed by atoms with Crippen molar-refractivity contribution >= 4 is 128 Å². The second kappa shape index (κ2) is 43.8. The molecule has 1 aliphatic heterocycles. The summed E-state index contributed by atoms with van der Waals surface area (Å²) in [6.45, 7) is 7.30. The van der Waals surface area contributed by atoms with Gasteiger partial charge in [-0.05, 0) is 96.7 Å². The second-order valence-electron chi connectivity index (χ2n) is 27.6. The van der Waals surface area contributed by atoms with Gasteiger partial charge in [0.1, 0.15) is 42.3 Å². The van der Waals surface area contributed by atoms with Crippen LogP contribution in [0, 0.1) is 11.8 Å². The van der Waals surface area contributed by atoms with Crippen LogP contribution in [-0.2, 0) is 80.0 Å². The van der Waals surface area contributed by atoms with E-state index < -0.39 is 150 Å². The van der Waals surface area contributed by atoms with E-state index >= 15 is 0 Å². The number of hydrogen-bond donors (Lipinski definition) is 17. The Morgan fingerprint density at radius 1 is 0.536 bits per heavy atom. The standard InChI is InChI=1S/C72H101N19O18S/c1-41(2)27-54(70(107)83-52(65(74)102)17-26-110-6)85-71(108)56(31-49-33-75-40-79-49)82-59(94)35-78-72(109)64(42(3)4)87-66(103)43(5)80-69(106)55(30-47-32-76-51-10-8-7-9-50(47)51)86-68(105)53(15-16-57(73)92)84-67(104)46-12-11-45-29-48(14-13-44(45)28-46)81-58(93)34-77-60(95)36-88-18-20-89(37-61(96)97)22-24-91(39-63(100)101)25-23-90(21-19-88)38-62(98)99/h7-14,28-29,32-33,40-43,52-56,64,76H,15-27,30-31,34-39H2,1-6H3,(H2,73,92)(H2,74,102)(H,75,79)(H,77,95)(H,78,109)(H,80,106)(H,81,93)(H,82,94)(H,83,107)(H,84,104)(H,85,108)(H,86,105)(H,87,103)(H,96,97)(H,98,99)(H,100,101)/t43-,52-,53-,54-,55-,56-,64-/m0/s1. The van der Waals surface area contributed by atoms with Crippen molar-refractivity contribution in [3.8, 4) is 0 Å². The smallest absolute Gasteiger partial charge is 0.317 e. The van der Waals surface area contributed by atoms with Crippen molar-refractivity contribution in [1.82, 2.24) is 82.4 Å². The number of benzene rings is 3. The molecule has 7 atom stereocenters. The van der Waals surface area contributed by atoms with E-state index in [1.165, 1.54) is 43.3 Å². The third kappa shape index (κ3) is 29.8. The number of fused-ring (bicyclic) bond motifs is 2. The van der Waals surface area contributed by atoms with E-state index in [1.54, 1.807) is 88.2 Å². The minimum Gasteiger partial charge on any atom is -0.480 e. The number of H-pyrrole nitrogens is 2. The molecular weight excluding hydrogens is 1450 g/mol. The number of rotatable bonds is 41. The van der Waals surface area contributed by atoms with Crippen molar-refractivity contribution in [2.24, 2.45) is 23.3 Å². The van der Waals surface area contributed by atoms with Crippen LogP contribution in [0.2, 0.25) is 0 Å². The molecule has 0 aliphatic carbocycles. The molecule has 1 fully saturated rings. The van der Waals surface area contributed by atoms with Crippen LogP contribution in [0.5, 0.6) is 0 Å². The molecule has 3 heterocycles. The molecule has 6 rings (SSSR count). The molecule has 598 valence electrons. The second-order valence-corrected chi connectivity index (χ2v) is 28.5. The van der Waals surface area contributed by atoms with Gasteiger partial charge >= 0.3 is 17.9 Å². The first kappa shape index (κ1) is 87.8. The summed E-state index contributed by atoms with van der Waals surface area (Å²) in [4.78, 5) is 215. The Morgan fingerprint density at radius 3 is 1.65 bits per heavy atom. The first-order valence-electron chi connectivity index (χ1n) is 35.9. The summed E-state index contributed by atoms with van der Waals surface area (Å²) in [5, 5.41) is 56.7. The molecule has 0 spiro atoms. The summed E-state index contributed by atoms with van der Waals surface area (Å²) in [6, 6.07) is 7.36. The molecule has 19 N–H and O–H groups in total. The van der Waals surface area contributed by atoms with Crippen molar-refractivity contribution in [3.05, 3.63) is 96.2 Å². The molecule has 3 aromatic carbocycles. The molecule has 0 bridgehead atoms. The number of carboxylic acid groups (broad SMARTS) is 3. The molecule has 0 unspecified atom stereocenters. The third-order valence-electron chi connectivity index (χ3n) is 17.9. The zero-order valence-electron chi connectivity index (χ0n) is 62.3. The first-order valence-corrected chi connectivity index (χ1v) is 37.3. The van der Waals surface area contributed by atoms with Gasteiger partial charge in [0.25, 0.3) is 5.91 Å². The highest BCUT2D eigenvalue weighted by Crippen LogP contribution is 2.23. The van der Waals surface area contributed by atoms with E-state index in [1.807, 2.05) is 20.1 Å². The number of carboxylic acids is 3. The van der Waals surface area contributed by atoms with Gasteiger partial charge in [-0.15, -0.1) is 0 Å². The Balaban J connectivity index is 1.08. The lowest BCUT2D eigenvalue weighted by molar-refractivity contribution is -0.140. The topological polar surface area (TPSA) is 547 Å². The van der Waals surface area contributed by atoms with E-state index in [-0.39, 0.29) is 129 Å². The van der Waals surface area contributed by atoms with Gasteiger partial charge < -0.3 is 89.9 Å². The van der Waals surface area contributed by atoms with Crippen molar-refractivity contribution < 1.29 is 87.2 Å². The van der Waals surface area contributed by atoms with Gasteiger partial charge in [-0.2, -0.15) is 11.8 Å². The summed E-state index contributed by atoms with van der Waals surface area (Å²) in [5.74, 6) is -12.7. The number of thioether (sulfide) groups is 1. The van der Waals surface area contributed by atoms with Crippen molar-refractivity contribution in [2.75, 3.05) is 109 Å². The minimum absolute atomic E-state index is 0.0621. The third-order valence-corrected chi connectivity index (χ3v) is 18.5. The number of nitrogens with one attached hydrogen (secondary N) is 12. The van der Waals surface area contributed by atoms with Crippen LogP contribution >= 0.6 is 11.8 Å². The summed E-state index contributed by atoms with van der Waals surface area (Å²) in [6.07, 6.45) is 5.68. The highest BCUT2D eigenvalue weighted by Gasteiger charge is 2.35. The minimum atomic E-state index is -1.48. The molecule has 110 heavy (non-hydrogen) atoms. The number of nitrogens with zero attached hydrogens (tertiary/aromatic N) is 5. The molecule has 5 aromatic rings. The lowest BCUT2D eigenvalue weighted by Gasteiger charge is -2.32. The Bertz CT molecular complexity index is 4030. The number of aromatic amines is 2. The zero-order valence-corrected chi connectivity index (χ0v) is 63.1. The number of primary amides is 2. The fourth-order valence-electron chi connectivity index (χ4n) is 12.0. The van der Waals surface area contributed by atoms with Crippen LogP contribution in [0.3, 0.4) is 0 Å². The van der Waals surface area contributed by atoms with Gasteiger partial charge in [0, 0.05) is 112 Å². The molecule has 1 aliphatic rings. The number of hydrogen-bond acceptors (Lipinski definition) is 21. The molecule has 2 aromatic heterocycles. The van der Waals surface area contributed by atoms with Gasteiger partial charge in [0.15, 0.2) is 0 Å². The number of para-hydroxylation sites is 1. The number of carbonyl (C=O) groups excluding carboxylic acids is 12. The quantitative estimate of drug-likeness (QED) is 0.0191. The number of imidazole rings is 1. The van der Waals surface area contributed by atoms with E-state index in [2.05, 4.69) is 68.1 Å². The van der Waals surface area contributed by atoms with Crippen LogP contribution in [0.4, 0.5) is 5.69 Å². The summed E-state index contributed by atoms with van der Waals surface area (Å²) >= 11 is 1.45. The summed E-state index contributed by atoms with van der Waals surface area (Å²) in [5.41, 5.74) is 13.2. The van der Waals surface area contributed by atoms with Gasteiger partial charge in [0.2, 0.25) is 65.0 Å².